The number of aromatic nitrogens is 3. The van der Waals surface area contributed by atoms with Crippen molar-refractivity contribution in [3.8, 4) is 0 Å². The van der Waals surface area contributed by atoms with Gasteiger partial charge in [-0.15, -0.1) is 5.10 Å². The van der Waals surface area contributed by atoms with E-state index < -0.39 is 0 Å². The second-order valence-corrected chi connectivity index (χ2v) is 5.74. The Morgan fingerprint density at radius 3 is 3.00 bits per heavy atom. The van der Waals surface area contributed by atoms with Crippen molar-refractivity contribution in [3.05, 3.63) is 36.0 Å². The number of nitrogens with one attached hydrogen (secondary N) is 2. The van der Waals surface area contributed by atoms with Gasteiger partial charge >= 0.3 is 5.97 Å². The number of rotatable bonds is 7. The predicted octanol–water partition coefficient (Wildman–Crippen LogP) is 1.15. The minimum Gasteiger partial charge on any atom is -0.465 e. The summed E-state index contributed by atoms with van der Waals surface area (Å²) in [5.41, 5.74) is 1.18. The Hall–Kier alpha value is -2.78. The van der Waals surface area contributed by atoms with Crippen LogP contribution in [-0.2, 0) is 9.47 Å². The van der Waals surface area contributed by atoms with Gasteiger partial charge in [0, 0.05) is 31.9 Å². The summed E-state index contributed by atoms with van der Waals surface area (Å²) in [4.78, 5) is 18.3. The highest BCUT2D eigenvalue weighted by atomic mass is 16.5. The molecule has 1 saturated heterocycles. The van der Waals surface area contributed by atoms with Crippen LogP contribution in [0.2, 0.25) is 0 Å². The molecule has 0 unspecified atom stereocenters. The maximum atomic E-state index is 11.6. The van der Waals surface area contributed by atoms with Gasteiger partial charge in [0.05, 0.1) is 32.1 Å². The number of nitrogens with zero attached hydrogens (tertiary/aromatic N) is 4. The summed E-state index contributed by atoms with van der Waals surface area (Å²) in [6.45, 7) is 5.07. The van der Waals surface area contributed by atoms with Gasteiger partial charge in [0.15, 0.2) is 5.82 Å². The molecule has 2 N–H and O–H groups in total. The normalized spacial score (nSPS) is 14.7. The van der Waals surface area contributed by atoms with Gasteiger partial charge in [-0.2, -0.15) is 10.1 Å². The number of morpholine rings is 1. The predicted molar refractivity (Wildman–Crippen MR) is 96.6 cm³/mol. The highest BCUT2D eigenvalue weighted by Gasteiger charge is 2.10. The fourth-order valence-electron chi connectivity index (χ4n) is 2.58. The van der Waals surface area contributed by atoms with Crippen LogP contribution in [0.3, 0.4) is 0 Å². The van der Waals surface area contributed by atoms with Gasteiger partial charge in [-0.3, -0.25) is 4.90 Å². The third-order valence-electron chi connectivity index (χ3n) is 3.93. The van der Waals surface area contributed by atoms with Crippen LogP contribution in [0.4, 0.5) is 17.5 Å². The molecule has 1 aliphatic heterocycles. The summed E-state index contributed by atoms with van der Waals surface area (Å²) in [7, 11) is 1.35. The molecule has 2 heterocycles. The molecule has 9 heteroatoms. The lowest BCUT2D eigenvalue weighted by molar-refractivity contribution is 0.0398. The molecule has 1 aromatic heterocycles. The zero-order valence-corrected chi connectivity index (χ0v) is 14.6. The van der Waals surface area contributed by atoms with Crippen molar-refractivity contribution in [2.24, 2.45) is 0 Å². The number of ether oxygens (including phenoxy) is 2. The Kier molecular flexibility index (Phi) is 6.29. The van der Waals surface area contributed by atoms with Crippen molar-refractivity contribution in [1.82, 2.24) is 20.1 Å². The SMILES string of the molecule is COC(=O)c1cccc(Nc2cnnc(NCCN3CCOCC3)n2)c1. The Bertz CT molecular complexity index is 736. The Balaban J connectivity index is 1.56. The average molecular weight is 358 g/mol. The number of hydrogen-bond acceptors (Lipinski definition) is 9. The second-order valence-electron chi connectivity index (χ2n) is 5.74. The molecule has 2 aromatic rings. The zero-order chi connectivity index (χ0) is 18.2. The molecule has 0 amide bonds. The first-order chi connectivity index (χ1) is 12.7. The molecule has 1 aliphatic rings. The number of carbonyl (C=O) groups excluding carboxylic acids is 1. The van der Waals surface area contributed by atoms with E-state index in [4.69, 9.17) is 9.47 Å². The number of methoxy groups -OCH3 is 1. The van der Waals surface area contributed by atoms with Crippen LogP contribution in [0.1, 0.15) is 10.4 Å². The van der Waals surface area contributed by atoms with E-state index in [0.717, 1.165) is 39.4 Å². The standard InChI is InChI=1S/C17H22N6O3/c1-25-16(24)13-3-2-4-14(11-13)20-15-12-19-22-17(21-15)18-5-6-23-7-9-26-10-8-23/h2-4,11-12H,5-10H2,1H3,(H2,18,20,21,22). The van der Waals surface area contributed by atoms with Crippen LogP contribution in [0.25, 0.3) is 0 Å². The van der Waals surface area contributed by atoms with Crippen molar-refractivity contribution < 1.29 is 14.3 Å². The van der Waals surface area contributed by atoms with Crippen LogP contribution >= 0.6 is 0 Å². The van der Waals surface area contributed by atoms with Crippen LogP contribution in [0.5, 0.6) is 0 Å². The smallest absolute Gasteiger partial charge is 0.337 e. The fraction of sp³-hybridized carbons (Fsp3) is 0.412. The van der Waals surface area contributed by atoms with Gasteiger partial charge in [0.1, 0.15) is 0 Å². The molecule has 9 nitrogen and oxygen atoms in total. The maximum absolute atomic E-state index is 11.6. The first kappa shape index (κ1) is 18.0. The van der Waals surface area contributed by atoms with Crippen LogP contribution in [-0.4, -0.2) is 72.6 Å². The van der Waals surface area contributed by atoms with E-state index in [-0.39, 0.29) is 5.97 Å². The van der Waals surface area contributed by atoms with Gasteiger partial charge in [-0.05, 0) is 18.2 Å². The van der Waals surface area contributed by atoms with Crippen molar-refractivity contribution in [1.29, 1.82) is 0 Å². The highest BCUT2D eigenvalue weighted by molar-refractivity contribution is 5.90. The van der Waals surface area contributed by atoms with Crippen molar-refractivity contribution in [2.75, 3.05) is 57.1 Å². The summed E-state index contributed by atoms with van der Waals surface area (Å²) >= 11 is 0. The molecular weight excluding hydrogens is 336 g/mol. The van der Waals surface area contributed by atoms with Gasteiger partial charge in [0.2, 0.25) is 5.95 Å². The molecule has 0 spiro atoms. The third kappa shape index (κ3) is 5.11. The molecule has 0 radical (unpaired) electrons. The van der Waals surface area contributed by atoms with E-state index in [1.54, 1.807) is 18.2 Å². The fourth-order valence-corrected chi connectivity index (χ4v) is 2.58. The van der Waals surface area contributed by atoms with Gasteiger partial charge in [-0.25, -0.2) is 4.79 Å². The molecule has 1 aromatic carbocycles. The van der Waals surface area contributed by atoms with E-state index in [0.29, 0.717) is 23.0 Å². The van der Waals surface area contributed by atoms with Gasteiger partial charge in [-0.1, -0.05) is 6.07 Å². The Morgan fingerprint density at radius 2 is 2.19 bits per heavy atom. The maximum Gasteiger partial charge on any atom is 0.337 e. The van der Waals surface area contributed by atoms with Crippen LogP contribution < -0.4 is 10.6 Å². The zero-order valence-electron chi connectivity index (χ0n) is 14.6. The van der Waals surface area contributed by atoms with Gasteiger partial charge in [0.25, 0.3) is 0 Å². The number of esters is 1. The first-order valence-electron chi connectivity index (χ1n) is 8.44. The minimum atomic E-state index is -0.389. The Morgan fingerprint density at radius 1 is 1.35 bits per heavy atom. The molecule has 0 atom stereocenters. The summed E-state index contributed by atoms with van der Waals surface area (Å²) in [6.07, 6.45) is 1.53. The van der Waals surface area contributed by atoms with Crippen molar-refractivity contribution in [3.63, 3.8) is 0 Å². The molecule has 26 heavy (non-hydrogen) atoms. The van der Waals surface area contributed by atoms with Crippen LogP contribution in [0, 0.1) is 0 Å². The van der Waals surface area contributed by atoms with Crippen molar-refractivity contribution in [2.45, 2.75) is 0 Å². The number of hydrogen-bond donors (Lipinski definition) is 2. The first-order valence-corrected chi connectivity index (χ1v) is 8.44. The van der Waals surface area contributed by atoms with E-state index in [9.17, 15) is 4.79 Å². The lowest BCUT2D eigenvalue weighted by atomic mass is 10.2. The number of benzene rings is 1. The van der Waals surface area contributed by atoms with Crippen LogP contribution in [0.15, 0.2) is 30.5 Å². The molecular formula is C17H22N6O3. The molecule has 0 bridgehead atoms. The quantitative estimate of drug-likeness (QED) is 0.706. The third-order valence-corrected chi connectivity index (χ3v) is 3.93. The summed E-state index contributed by atoms with van der Waals surface area (Å²) < 4.78 is 10.1. The largest absolute Gasteiger partial charge is 0.465 e. The highest BCUT2D eigenvalue weighted by Crippen LogP contribution is 2.16. The monoisotopic (exact) mass is 358 g/mol. The molecule has 3 rings (SSSR count). The summed E-state index contributed by atoms with van der Waals surface area (Å²) in [5.74, 6) is 0.600. The lowest BCUT2D eigenvalue weighted by Gasteiger charge is -2.26. The van der Waals surface area contributed by atoms with E-state index in [1.165, 1.54) is 13.3 Å². The number of anilines is 3. The lowest BCUT2D eigenvalue weighted by Crippen LogP contribution is -2.39. The summed E-state index contributed by atoms with van der Waals surface area (Å²) in [5, 5.41) is 14.2. The van der Waals surface area contributed by atoms with E-state index in [1.807, 2.05) is 6.07 Å². The Labute approximate surface area is 151 Å². The van der Waals surface area contributed by atoms with E-state index in [2.05, 4.69) is 30.7 Å². The topological polar surface area (TPSA) is 102 Å². The molecule has 0 aliphatic carbocycles. The molecule has 0 saturated carbocycles. The molecule has 1 fully saturated rings. The molecule has 138 valence electrons. The van der Waals surface area contributed by atoms with Crippen molar-refractivity contribution >= 4 is 23.4 Å². The second kappa shape index (κ2) is 9.07. The minimum absolute atomic E-state index is 0.389. The average Bonchev–Trinajstić information content (AvgIpc) is 2.69. The van der Waals surface area contributed by atoms with E-state index >= 15 is 0 Å². The number of carbonyl (C=O) groups is 1. The van der Waals surface area contributed by atoms with Gasteiger partial charge < -0.3 is 20.1 Å². The summed E-state index contributed by atoms with van der Waals surface area (Å²) in [6, 6.07) is 6.98.